The maximum Gasteiger partial charge on any atom is 0.231 e. The minimum absolute atomic E-state index is 0.258. The van der Waals surface area contributed by atoms with Crippen molar-refractivity contribution in [3.05, 3.63) is 18.2 Å². The molecule has 1 aliphatic heterocycles. The summed E-state index contributed by atoms with van der Waals surface area (Å²) in [6, 6.07) is 5.47. The van der Waals surface area contributed by atoms with Crippen molar-refractivity contribution in [3.8, 4) is 17.2 Å². The van der Waals surface area contributed by atoms with Gasteiger partial charge in [-0.1, -0.05) is 13.8 Å². The van der Waals surface area contributed by atoms with Crippen LogP contribution in [0.3, 0.4) is 0 Å². The van der Waals surface area contributed by atoms with Gasteiger partial charge in [-0.15, -0.1) is 0 Å². The number of aliphatic hydroxyl groups is 1. The highest BCUT2D eigenvalue weighted by Gasteiger charge is 2.16. The van der Waals surface area contributed by atoms with E-state index in [1.54, 1.807) is 6.07 Å². The SMILES string of the molecule is CCC[NH+](CCC)C[C@H](O)COc1ccc2c(c1)OCO2. The Hall–Kier alpha value is -1.46. The van der Waals surface area contributed by atoms with Gasteiger partial charge in [-0.25, -0.2) is 0 Å². The van der Waals surface area contributed by atoms with Gasteiger partial charge in [0.2, 0.25) is 6.79 Å². The standard InChI is InChI=1S/C16H25NO4/c1-3-7-17(8-4-2)10-13(18)11-19-14-5-6-15-16(9-14)21-12-20-15/h5-6,9,13,18H,3-4,7-8,10-12H2,1-2H3/p+1/t13-/m0/s1. The maximum atomic E-state index is 10.1. The van der Waals surface area contributed by atoms with Gasteiger partial charge in [0.25, 0.3) is 0 Å². The lowest BCUT2D eigenvalue weighted by Crippen LogP contribution is -3.13. The Balaban J connectivity index is 1.79. The predicted octanol–water partition coefficient (Wildman–Crippen LogP) is 0.860. The van der Waals surface area contributed by atoms with E-state index in [0.717, 1.165) is 38.2 Å². The molecule has 0 fully saturated rings. The molecule has 2 N–H and O–H groups in total. The van der Waals surface area contributed by atoms with Crippen LogP contribution in [0.1, 0.15) is 26.7 Å². The monoisotopic (exact) mass is 296 g/mol. The molecule has 0 amide bonds. The molecular formula is C16H26NO4+. The van der Waals surface area contributed by atoms with Crippen molar-refractivity contribution in [3.63, 3.8) is 0 Å². The average Bonchev–Trinajstić information content (AvgIpc) is 2.93. The zero-order chi connectivity index (χ0) is 15.1. The summed E-state index contributed by atoms with van der Waals surface area (Å²) in [4.78, 5) is 1.43. The quantitative estimate of drug-likeness (QED) is 0.710. The maximum absolute atomic E-state index is 10.1. The van der Waals surface area contributed by atoms with E-state index in [2.05, 4.69) is 13.8 Å². The fourth-order valence-electron chi connectivity index (χ4n) is 2.59. The van der Waals surface area contributed by atoms with E-state index in [-0.39, 0.29) is 6.79 Å². The number of ether oxygens (including phenoxy) is 3. The topological polar surface area (TPSA) is 52.4 Å². The summed E-state index contributed by atoms with van der Waals surface area (Å²) in [5, 5.41) is 10.1. The van der Waals surface area contributed by atoms with Crippen molar-refractivity contribution >= 4 is 0 Å². The summed E-state index contributed by atoms with van der Waals surface area (Å²) >= 11 is 0. The van der Waals surface area contributed by atoms with Crippen LogP contribution < -0.4 is 19.1 Å². The lowest BCUT2D eigenvalue weighted by atomic mass is 10.3. The second-order valence-electron chi connectivity index (χ2n) is 5.43. The average molecular weight is 296 g/mol. The highest BCUT2D eigenvalue weighted by Crippen LogP contribution is 2.35. The van der Waals surface area contributed by atoms with E-state index in [0.29, 0.717) is 18.1 Å². The van der Waals surface area contributed by atoms with Gasteiger partial charge in [-0.05, 0) is 25.0 Å². The summed E-state index contributed by atoms with van der Waals surface area (Å²) in [7, 11) is 0. The van der Waals surface area contributed by atoms with Gasteiger partial charge in [0, 0.05) is 6.07 Å². The molecule has 0 aliphatic carbocycles. The minimum Gasteiger partial charge on any atom is -0.491 e. The number of rotatable bonds is 9. The molecule has 1 aliphatic rings. The number of nitrogens with one attached hydrogen (secondary N) is 1. The smallest absolute Gasteiger partial charge is 0.231 e. The first kappa shape index (κ1) is 15.9. The Bertz CT molecular complexity index is 432. The van der Waals surface area contributed by atoms with Crippen molar-refractivity contribution < 1.29 is 24.2 Å². The van der Waals surface area contributed by atoms with Crippen molar-refractivity contribution in [1.29, 1.82) is 0 Å². The van der Waals surface area contributed by atoms with Crippen LogP contribution in [-0.2, 0) is 0 Å². The predicted molar refractivity (Wildman–Crippen MR) is 80.2 cm³/mol. The number of benzene rings is 1. The Morgan fingerprint density at radius 1 is 1.19 bits per heavy atom. The van der Waals surface area contributed by atoms with Crippen LogP contribution in [0, 0.1) is 0 Å². The number of aliphatic hydroxyl groups excluding tert-OH is 1. The largest absolute Gasteiger partial charge is 0.491 e. The highest BCUT2D eigenvalue weighted by molar-refractivity contribution is 5.46. The summed E-state index contributed by atoms with van der Waals surface area (Å²) in [6.07, 6.45) is 1.80. The molecule has 0 saturated heterocycles. The van der Waals surface area contributed by atoms with Crippen LogP contribution >= 0.6 is 0 Å². The van der Waals surface area contributed by atoms with Crippen molar-refractivity contribution in [2.75, 3.05) is 33.0 Å². The molecule has 0 unspecified atom stereocenters. The van der Waals surface area contributed by atoms with E-state index in [1.165, 1.54) is 4.90 Å². The summed E-state index contributed by atoms with van der Waals surface area (Å²) in [5.74, 6) is 2.14. The Morgan fingerprint density at radius 2 is 1.90 bits per heavy atom. The Morgan fingerprint density at radius 3 is 2.62 bits per heavy atom. The van der Waals surface area contributed by atoms with Crippen LogP contribution in [0.25, 0.3) is 0 Å². The summed E-state index contributed by atoms with van der Waals surface area (Å²) in [6.45, 7) is 7.82. The van der Waals surface area contributed by atoms with Crippen molar-refractivity contribution in [1.82, 2.24) is 0 Å². The fraction of sp³-hybridized carbons (Fsp3) is 0.625. The first-order chi connectivity index (χ1) is 10.2. The highest BCUT2D eigenvalue weighted by atomic mass is 16.7. The molecule has 5 nitrogen and oxygen atoms in total. The molecule has 1 aromatic rings. The molecule has 0 aromatic heterocycles. The molecule has 2 rings (SSSR count). The van der Waals surface area contributed by atoms with Gasteiger partial charge < -0.3 is 24.2 Å². The third-order valence-corrected chi connectivity index (χ3v) is 3.52. The molecule has 1 aromatic carbocycles. The van der Waals surface area contributed by atoms with Gasteiger partial charge in [0.15, 0.2) is 11.5 Å². The Kier molecular flexibility index (Phi) is 6.14. The van der Waals surface area contributed by atoms with Crippen LogP contribution in [0.5, 0.6) is 17.2 Å². The normalized spacial score (nSPS) is 14.5. The zero-order valence-electron chi connectivity index (χ0n) is 12.9. The lowest BCUT2D eigenvalue weighted by molar-refractivity contribution is -0.903. The van der Waals surface area contributed by atoms with Crippen LogP contribution in [0.4, 0.5) is 0 Å². The molecule has 118 valence electrons. The molecule has 0 spiro atoms. The molecule has 1 atom stereocenters. The molecule has 21 heavy (non-hydrogen) atoms. The third kappa shape index (κ3) is 4.79. The van der Waals surface area contributed by atoms with Gasteiger partial charge in [-0.3, -0.25) is 0 Å². The molecule has 0 saturated carbocycles. The molecule has 0 bridgehead atoms. The van der Waals surface area contributed by atoms with E-state index >= 15 is 0 Å². The Labute approximate surface area is 126 Å². The molecule has 5 heteroatoms. The van der Waals surface area contributed by atoms with Crippen LogP contribution in [-0.4, -0.2) is 44.2 Å². The number of quaternary nitrogens is 1. The second-order valence-corrected chi connectivity index (χ2v) is 5.43. The summed E-state index contributed by atoms with van der Waals surface area (Å²) < 4.78 is 16.2. The lowest BCUT2D eigenvalue weighted by Gasteiger charge is -2.21. The zero-order valence-corrected chi connectivity index (χ0v) is 12.9. The van der Waals surface area contributed by atoms with Crippen molar-refractivity contribution in [2.24, 2.45) is 0 Å². The third-order valence-electron chi connectivity index (χ3n) is 3.52. The van der Waals surface area contributed by atoms with Crippen molar-refractivity contribution in [2.45, 2.75) is 32.8 Å². The van der Waals surface area contributed by atoms with Crippen LogP contribution in [0.15, 0.2) is 18.2 Å². The van der Waals surface area contributed by atoms with E-state index in [9.17, 15) is 5.11 Å². The van der Waals surface area contributed by atoms with Crippen LogP contribution in [0.2, 0.25) is 0 Å². The van der Waals surface area contributed by atoms with Gasteiger partial charge >= 0.3 is 0 Å². The molecular weight excluding hydrogens is 270 g/mol. The van der Waals surface area contributed by atoms with E-state index in [1.807, 2.05) is 12.1 Å². The van der Waals surface area contributed by atoms with E-state index < -0.39 is 6.10 Å². The van der Waals surface area contributed by atoms with E-state index in [4.69, 9.17) is 14.2 Å². The van der Waals surface area contributed by atoms with Gasteiger partial charge in [0.1, 0.15) is 25.0 Å². The fourth-order valence-corrected chi connectivity index (χ4v) is 2.59. The first-order valence-corrected chi connectivity index (χ1v) is 7.77. The van der Waals surface area contributed by atoms with Gasteiger partial charge in [0.05, 0.1) is 13.1 Å². The first-order valence-electron chi connectivity index (χ1n) is 7.77. The second kappa shape index (κ2) is 8.10. The number of fused-ring (bicyclic) bond motifs is 1. The summed E-state index contributed by atoms with van der Waals surface area (Å²) in [5.41, 5.74) is 0. The number of hydrogen-bond donors (Lipinski definition) is 2. The molecule has 1 heterocycles. The van der Waals surface area contributed by atoms with Gasteiger partial charge in [-0.2, -0.15) is 0 Å². The number of hydrogen-bond acceptors (Lipinski definition) is 4. The minimum atomic E-state index is -0.455. The molecule has 0 radical (unpaired) electrons.